The van der Waals surface area contributed by atoms with Crippen LogP contribution in [0.25, 0.3) is 0 Å². The molecule has 4 heteroatoms. The lowest BCUT2D eigenvalue weighted by Gasteiger charge is -2.24. The SMILES string of the molecule is NNC(=O)CCCCCN1CCCCCCC1. The van der Waals surface area contributed by atoms with Crippen molar-refractivity contribution in [2.24, 2.45) is 5.84 Å². The van der Waals surface area contributed by atoms with Gasteiger partial charge in [-0.2, -0.15) is 0 Å². The first-order valence-corrected chi connectivity index (χ1v) is 7.05. The Balaban J connectivity index is 1.98. The zero-order valence-electron chi connectivity index (χ0n) is 10.9. The Hall–Kier alpha value is -0.610. The molecule has 0 aromatic heterocycles. The van der Waals surface area contributed by atoms with E-state index in [1.54, 1.807) is 0 Å². The first-order valence-electron chi connectivity index (χ1n) is 7.05. The van der Waals surface area contributed by atoms with Crippen LogP contribution in [-0.2, 0) is 4.79 Å². The zero-order valence-corrected chi connectivity index (χ0v) is 10.9. The van der Waals surface area contributed by atoms with Gasteiger partial charge >= 0.3 is 0 Å². The summed E-state index contributed by atoms with van der Waals surface area (Å²) in [6.07, 6.45) is 10.8. The summed E-state index contributed by atoms with van der Waals surface area (Å²) >= 11 is 0. The second-order valence-corrected chi connectivity index (χ2v) is 4.99. The molecule has 1 amide bonds. The van der Waals surface area contributed by atoms with Gasteiger partial charge in [0.25, 0.3) is 0 Å². The average Bonchev–Trinajstić information content (AvgIpc) is 2.30. The highest BCUT2D eigenvalue weighted by Gasteiger charge is 2.07. The monoisotopic (exact) mass is 241 g/mol. The van der Waals surface area contributed by atoms with Crippen LogP contribution in [0.4, 0.5) is 0 Å². The maximum atomic E-state index is 10.9. The Morgan fingerprint density at radius 2 is 1.65 bits per heavy atom. The van der Waals surface area contributed by atoms with Crippen molar-refractivity contribution in [3.05, 3.63) is 0 Å². The largest absolute Gasteiger partial charge is 0.303 e. The molecule has 1 aliphatic rings. The highest BCUT2D eigenvalue weighted by molar-refractivity contribution is 5.74. The molecule has 0 aromatic carbocycles. The van der Waals surface area contributed by atoms with Crippen LogP contribution in [0, 0.1) is 0 Å². The van der Waals surface area contributed by atoms with Gasteiger partial charge in [-0.25, -0.2) is 5.84 Å². The van der Waals surface area contributed by atoms with E-state index in [-0.39, 0.29) is 5.91 Å². The summed E-state index contributed by atoms with van der Waals surface area (Å²) in [4.78, 5) is 13.5. The van der Waals surface area contributed by atoms with Gasteiger partial charge in [-0.1, -0.05) is 25.7 Å². The third-order valence-corrected chi connectivity index (χ3v) is 3.49. The molecule has 0 unspecified atom stereocenters. The summed E-state index contributed by atoms with van der Waals surface area (Å²) in [5.74, 6) is 4.98. The van der Waals surface area contributed by atoms with Crippen molar-refractivity contribution in [2.75, 3.05) is 19.6 Å². The van der Waals surface area contributed by atoms with Crippen LogP contribution in [0.1, 0.15) is 57.8 Å². The maximum absolute atomic E-state index is 10.9. The van der Waals surface area contributed by atoms with E-state index < -0.39 is 0 Å². The minimum atomic E-state index is -0.0451. The molecule has 1 rings (SSSR count). The molecule has 0 radical (unpaired) electrons. The minimum Gasteiger partial charge on any atom is -0.303 e. The molecule has 0 bridgehead atoms. The summed E-state index contributed by atoms with van der Waals surface area (Å²) in [5, 5.41) is 0. The van der Waals surface area contributed by atoms with Gasteiger partial charge < -0.3 is 4.90 Å². The molecule has 17 heavy (non-hydrogen) atoms. The smallest absolute Gasteiger partial charge is 0.233 e. The Kier molecular flexibility index (Phi) is 8.01. The van der Waals surface area contributed by atoms with Crippen LogP contribution >= 0.6 is 0 Å². The number of hydrogen-bond donors (Lipinski definition) is 2. The molecule has 1 heterocycles. The summed E-state index contributed by atoms with van der Waals surface area (Å²) < 4.78 is 0. The summed E-state index contributed by atoms with van der Waals surface area (Å²) in [7, 11) is 0. The van der Waals surface area contributed by atoms with Gasteiger partial charge in [-0.3, -0.25) is 10.2 Å². The molecular formula is C13H27N3O. The highest BCUT2D eigenvalue weighted by Crippen LogP contribution is 2.11. The highest BCUT2D eigenvalue weighted by atomic mass is 16.2. The normalized spacial score (nSPS) is 18.4. The number of unbranched alkanes of at least 4 members (excludes halogenated alkanes) is 2. The maximum Gasteiger partial charge on any atom is 0.233 e. The third kappa shape index (κ3) is 7.34. The molecule has 1 saturated heterocycles. The molecular weight excluding hydrogens is 214 g/mol. The quantitative estimate of drug-likeness (QED) is 0.323. The third-order valence-electron chi connectivity index (χ3n) is 3.49. The van der Waals surface area contributed by atoms with Gasteiger partial charge in [0, 0.05) is 6.42 Å². The van der Waals surface area contributed by atoms with Gasteiger partial charge in [0.05, 0.1) is 0 Å². The molecule has 1 fully saturated rings. The number of carbonyl (C=O) groups is 1. The van der Waals surface area contributed by atoms with Crippen molar-refractivity contribution in [1.29, 1.82) is 0 Å². The molecule has 0 spiro atoms. The molecule has 0 aliphatic carbocycles. The lowest BCUT2D eigenvalue weighted by atomic mass is 10.1. The van der Waals surface area contributed by atoms with E-state index in [0.717, 1.165) is 12.8 Å². The van der Waals surface area contributed by atoms with Gasteiger partial charge in [-0.05, 0) is 45.3 Å². The fourth-order valence-corrected chi connectivity index (χ4v) is 2.41. The van der Waals surface area contributed by atoms with Crippen molar-refractivity contribution in [3.8, 4) is 0 Å². The van der Waals surface area contributed by atoms with Crippen molar-refractivity contribution >= 4 is 5.91 Å². The number of nitrogens with zero attached hydrogens (tertiary/aromatic N) is 1. The van der Waals surface area contributed by atoms with E-state index in [2.05, 4.69) is 10.3 Å². The van der Waals surface area contributed by atoms with E-state index >= 15 is 0 Å². The number of nitrogens with two attached hydrogens (primary N) is 1. The van der Waals surface area contributed by atoms with Crippen LogP contribution in [-0.4, -0.2) is 30.4 Å². The Morgan fingerprint density at radius 1 is 1.00 bits per heavy atom. The van der Waals surface area contributed by atoms with Gasteiger partial charge in [0.2, 0.25) is 5.91 Å². The molecule has 4 nitrogen and oxygen atoms in total. The van der Waals surface area contributed by atoms with Crippen LogP contribution in [0.15, 0.2) is 0 Å². The van der Waals surface area contributed by atoms with Crippen molar-refractivity contribution < 1.29 is 4.79 Å². The van der Waals surface area contributed by atoms with Gasteiger partial charge in [0.15, 0.2) is 0 Å². The van der Waals surface area contributed by atoms with Crippen molar-refractivity contribution in [1.82, 2.24) is 10.3 Å². The number of rotatable bonds is 6. The number of nitrogens with one attached hydrogen (secondary N) is 1. The second-order valence-electron chi connectivity index (χ2n) is 4.99. The van der Waals surface area contributed by atoms with Crippen LogP contribution < -0.4 is 11.3 Å². The van der Waals surface area contributed by atoms with Gasteiger partial charge in [0.1, 0.15) is 0 Å². The minimum absolute atomic E-state index is 0.0451. The van der Waals surface area contributed by atoms with E-state index in [9.17, 15) is 4.79 Å². The second kappa shape index (κ2) is 9.42. The summed E-state index contributed by atoms with van der Waals surface area (Å²) in [6.45, 7) is 3.73. The molecule has 0 atom stereocenters. The summed E-state index contributed by atoms with van der Waals surface area (Å²) in [5.41, 5.74) is 2.17. The predicted molar refractivity (Wildman–Crippen MR) is 70.3 cm³/mol. The molecule has 0 aromatic rings. The fraction of sp³-hybridized carbons (Fsp3) is 0.923. The van der Waals surface area contributed by atoms with E-state index in [1.165, 1.54) is 58.2 Å². The van der Waals surface area contributed by atoms with Crippen LogP contribution in [0.5, 0.6) is 0 Å². The topological polar surface area (TPSA) is 58.4 Å². The number of likely N-dealkylation sites (tertiary alicyclic amines) is 1. The van der Waals surface area contributed by atoms with E-state index in [1.807, 2.05) is 0 Å². The lowest BCUT2D eigenvalue weighted by molar-refractivity contribution is -0.121. The average molecular weight is 241 g/mol. The van der Waals surface area contributed by atoms with Crippen LogP contribution in [0.2, 0.25) is 0 Å². The first kappa shape index (κ1) is 14.5. The van der Waals surface area contributed by atoms with Crippen molar-refractivity contribution in [3.63, 3.8) is 0 Å². The Morgan fingerprint density at radius 3 is 2.29 bits per heavy atom. The van der Waals surface area contributed by atoms with E-state index in [4.69, 9.17) is 5.84 Å². The molecule has 0 saturated carbocycles. The standard InChI is InChI=1S/C13H27N3O/c14-15-13(17)9-5-4-8-12-16-10-6-2-1-3-7-11-16/h1-12,14H2,(H,15,17). The number of carbonyl (C=O) groups excluding carboxylic acids is 1. The lowest BCUT2D eigenvalue weighted by Crippen LogP contribution is -2.30. The number of hydrazine groups is 1. The predicted octanol–water partition coefficient (Wildman–Crippen LogP) is 1.80. The Bertz CT molecular complexity index is 201. The molecule has 100 valence electrons. The Labute approximate surface area is 105 Å². The number of hydrogen-bond acceptors (Lipinski definition) is 3. The summed E-state index contributed by atoms with van der Waals surface area (Å²) in [6, 6.07) is 0. The zero-order chi connectivity index (χ0) is 12.3. The van der Waals surface area contributed by atoms with Gasteiger partial charge in [-0.15, -0.1) is 0 Å². The van der Waals surface area contributed by atoms with E-state index in [0.29, 0.717) is 6.42 Å². The number of amides is 1. The fourth-order valence-electron chi connectivity index (χ4n) is 2.41. The molecule has 1 aliphatic heterocycles. The van der Waals surface area contributed by atoms with Crippen LogP contribution in [0.3, 0.4) is 0 Å². The first-order chi connectivity index (χ1) is 8.33. The molecule has 3 N–H and O–H groups in total. The van der Waals surface area contributed by atoms with Crippen molar-refractivity contribution in [2.45, 2.75) is 57.8 Å².